The molecule has 6 heteroatoms. The number of hydrogen-bond donors (Lipinski definition) is 2. The lowest BCUT2D eigenvalue weighted by Gasteiger charge is -2.17. The van der Waals surface area contributed by atoms with Gasteiger partial charge in [0.15, 0.2) is 0 Å². The van der Waals surface area contributed by atoms with Crippen molar-refractivity contribution in [1.29, 1.82) is 0 Å². The summed E-state index contributed by atoms with van der Waals surface area (Å²) in [7, 11) is 0. The van der Waals surface area contributed by atoms with Gasteiger partial charge >= 0.3 is 0 Å². The number of carbonyl (C=O) groups excluding carboxylic acids is 2. The number of benzene rings is 2. The van der Waals surface area contributed by atoms with E-state index in [4.69, 9.17) is 0 Å². The Bertz CT molecular complexity index is 1040. The van der Waals surface area contributed by atoms with E-state index in [-0.39, 0.29) is 35.5 Å². The first-order valence-corrected chi connectivity index (χ1v) is 8.40. The lowest BCUT2D eigenvalue weighted by molar-refractivity contribution is -0.117. The second-order valence-electron chi connectivity index (χ2n) is 6.31. The number of H-pyrrole nitrogens is 1. The van der Waals surface area contributed by atoms with Gasteiger partial charge in [-0.2, -0.15) is 0 Å². The first-order valence-electron chi connectivity index (χ1n) is 8.40. The van der Waals surface area contributed by atoms with Crippen LogP contribution in [0.25, 0.3) is 10.8 Å². The summed E-state index contributed by atoms with van der Waals surface area (Å²) in [6, 6.07) is 17.8. The van der Waals surface area contributed by atoms with Gasteiger partial charge in [-0.15, -0.1) is 0 Å². The molecule has 0 spiro atoms. The summed E-state index contributed by atoms with van der Waals surface area (Å²) in [5, 5.41) is 4.09. The van der Waals surface area contributed by atoms with Crippen molar-refractivity contribution in [3.63, 3.8) is 0 Å². The summed E-state index contributed by atoms with van der Waals surface area (Å²) in [5.41, 5.74) is 0.703. The van der Waals surface area contributed by atoms with Crippen LogP contribution in [0.5, 0.6) is 0 Å². The van der Waals surface area contributed by atoms with Crippen LogP contribution >= 0.6 is 0 Å². The summed E-state index contributed by atoms with van der Waals surface area (Å²) in [5.74, 6) is -0.422. The normalized spacial score (nSPS) is 16.8. The van der Waals surface area contributed by atoms with E-state index in [2.05, 4.69) is 10.3 Å². The third-order valence-corrected chi connectivity index (χ3v) is 4.53. The van der Waals surface area contributed by atoms with Crippen molar-refractivity contribution in [1.82, 2.24) is 10.3 Å². The smallest absolute Gasteiger partial charge is 0.268 e. The van der Waals surface area contributed by atoms with Crippen molar-refractivity contribution in [3.8, 4) is 0 Å². The van der Waals surface area contributed by atoms with E-state index in [1.54, 1.807) is 29.2 Å². The zero-order valence-electron chi connectivity index (χ0n) is 13.9. The number of aromatic nitrogens is 1. The molecule has 0 saturated carbocycles. The van der Waals surface area contributed by atoms with Crippen LogP contribution in [0, 0.1) is 0 Å². The first-order chi connectivity index (χ1) is 12.6. The number of anilines is 1. The van der Waals surface area contributed by atoms with Crippen molar-refractivity contribution in [3.05, 3.63) is 76.7 Å². The van der Waals surface area contributed by atoms with Crippen molar-refractivity contribution in [2.45, 2.75) is 12.5 Å². The van der Waals surface area contributed by atoms with Crippen LogP contribution in [0.2, 0.25) is 0 Å². The van der Waals surface area contributed by atoms with Crippen LogP contribution in [0.1, 0.15) is 16.9 Å². The highest BCUT2D eigenvalue weighted by Gasteiger charge is 2.31. The number of nitrogens with one attached hydrogen (secondary N) is 2. The first kappa shape index (κ1) is 16.1. The quantitative estimate of drug-likeness (QED) is 0.761. The molecule has 130 valence electrons. The number of aromatic amines is 1. The molecule has 4 rings (SSSR count). The van der Waals surface area contributed by atoms with Gasteiger partial charge in [-0.1, -0.05) is 36.4 Å². The van der Waals surface area contributed by atoms with Crippen LogP contribution < -0.4 is 15.8 Å². The summed E-state index contributed by atoms with van der Waals surface area (Å²) < 4.78 is 0. The lowest BCUT2D eigenvalue weighted by atomic mass is 10.1. The van der Waals surface area contributed by atoms with Gasteiger partial charge in [-0.3, -0.25) is 14.4 Å². The average molecular weight is 347 g/mol. The number of para-hydroxylation sites is 1. The Morgan fingerprint density at radius 2 is 1.77 bits per heavy atom. The maximum atomic E-state index is 12.5. The highest BCUT2D eigenvalue weighted by Crippen LogP contribution is 2.21. The minimum Gasteiger partial charge on any atom is -0.346 e. The van der Waals surface area contributed by atoms with E-state index in [0.29, 0.717) is 17.3 Å². The van der Waals surface area contributed by atoms with Gasteiger partial charge < -0.3 is 15.2 Å². The summed E-state index contributed by atoms with van der Waals surface area (Å²) in [4.78, 5) is 41.2. The van der Waals surface area contributed by atoms with E-state index in [9.17, 15) is 14.4 Å². The van der Waals surface area contributed by atoms with Gasteiger partial charge in [-0.25, -0.2) is 0 Å². The van der Waals surface area contributed by atoms with Crippen LogP contribution in [-0.2, 0) is 4.79 Å². The fourth-order valence-electron chi connectivity index (χ4n) is 3.26. The minimum absolute atomic E-state index is 0.0338. The zero-order chi connectivity index (χ0) is 18.1. The van der Waals surface area contributed by atoms with Crippen LogP contribution in [-0.4, -0.2) is 29.4 Å². The topological polar surface area (TPSA) is 82.3 Å². The van der Waals surface area contributed by atoms with Gasteiger partial charge in [-0.05, 0) is 29.7 Å². The molecule has 2 amide bonds. The third-order valence-electron chi connectivity index (χ3n) is 4.53. The Balaban J connectivity index is 1.52. The molecule has 0 bridgehead atoms. The molecule has 0 unspecified atom stereocenters. The fourth-order valence-corrected chi connectivity index (χ4v) is 3.26. The Kier molecular flexibility index (Phi) is 4.01. The minimum atomic E-state index is -0.388. The number of rotatable bonds is 3. The largest absolute Gasteiger partial charge is 0.346 e. The predicted molar refractivity (Wildman–Crippen MR) is 99.2 cm³/mol. The molecule has 1 aliphatic heterocycles. The van der Waals surface area contributed by atoms with Gasteiger partial charge in [0.2, 0.25) is 5.91 Å². The lowest BCUT2D eigenvalue weighted by Crippen LogP contribution is -2.38. The number of carbonyl (C=O) groups is 2. The Labute approximate surface area is 149 Å². The Morgan fingerprint density at radius 1 is 1.04 bits per heavy atom. The predicted octanol–water partition coefficient (Wildman–Crippen LogP) is 2.06. The van der Waals surface area contributed by atoms with E-state index < -0.39 is 0 Å². The molecule has 1 aliphatic rings. The van der Waals surface area contributed by atoms with Gasteiger partial charge in [0.1, 0.15) is 5.69 Å². The second-order valence-corrected chi connectivity index (χ2v) is 6.31. The maximum absolute atomic E-state index is 12.5. The van der Waals surface area contributed by atoms with E-state index in [1.165, 1.54) is 0 Å². The number of pyridine rings is 1. The molecule has 26 heavy (non-hydrogen) atoms. The molecule has 0 radical (unpaired) electrons. The van der Waals surface area contributed by atoms with Crippen molar-refractivity contribution in [2.75, 3.05) is 11.4 Å². The Morgan fingerprint density at radius 3 is 2.58 bits per heavy atom. The van der Waals surface area contributed by atoms with Gasteiger partial charge in [0.05, 0.1) is 6.04 Å². The van der Waals surface area contributed by atoms with Gasteiger partial charge in [0.25, 0.3) is 11.5 Å². The molecule has 1 fully saturated rings. The van der Waals surface area contributed by atoms with Crippen LogP contribution in [0.4, 0.5) is 5.69 Å². The second kappa shape index (κ2) is 6.48. The SMILES string of the molecule is O=C(N[C@@H]1CC(=O)N(c2ccccc2)C1)c1cc2ccccc2c(=O)[nH]1. The standard InChI is InChI=1S/C20H17N3O3/c24-18-11-14(12-23(18)15-7-2-1-3-8-15)21-20(26)17-10-13-6-4-5-9-16(13)19(25)22-17/h1-10,14H,11-12H2,(H,21,26)(H,22,25)/t14-/m1/s1. The van der Waals surface area contributed by atoms with E-state index in [1.807, 2.05) is 36.4 Å². The summed E-state index contributed by atoms with van der Waals surface area (Å²) in [6.07, 6.45) is 0.235. The molecule has 2 heterocycles. The number of hydrogen-bond acceptors (Lipinski definition) is 3. The average Bonchev–Trinajstić information content (AvgIpc) is 3.02. The van der Waals surface area contributed by atoms with Crippen molar-refractivity contribution in [2.24, 2.45) is 0 Å². The monoisotopic (exact) mass is 347 g/mol. The van der Waals surface area contributed by atoms with Crippen LogP contribution in [0.3, 0.4) is 0 Å². The highest BCUT2D eigenvalue weighted by atomic mass is 16.2. The Hall–Kier alpha value is -3.41. The van der Waals surface area contributed by atoms with Crippen molar-refractivity contribution < 1.29 is 9.59 Å². The molecular formula is C20H17N3O3. The molecule has 3 aromatic rings. The molecule has 1 atom stereocenters. The molecule has 1 aromatic heterocycles. The fraction of sp³-hybridized carbons (Fsp3) is 0.150. The highest BCUT2D eigenvalue weighted by molar-refractivity contribution is 5.99. The molecule has 6 nitrogen and oxygen atoms in total. The summed E-state index contributed by atoms with van der Waals surface area (Å²) in [6.45, 7) is 0.409. The summed E-state index contributed by atoms with van der Waals surface area (Å²) >= 11 is 0. The van der Waals surface area contributed by atoms with Crippen LogP contribution in [0.15, 0.2) is 65.5 Å². The maximum Gasteiger partial charge on any atom is 0.268 e. The van der Waals surface area contributed by atoms with Crippen molar-refractivity contribution >= 4 is 28.3 Å². The number of nitrogens with zero attached hydrogens (tertiary/aromatic N) is 1. The number of fused-ring (bicyclic) bond motifs is 1. The number of amides is 2. The molecular weight excluding hydrogens is 330 g/mol. The molecule has 2 aromatic carbocycles. The molecule has 1 saturated heterocycles. The van der Waals surface area contributed by atoms with E-state index in [0.717, 1.165) is 5.69 Å². The van der Waals surface area contributed by atoms with E-state index >= 15 is 0 Å². The molecule has 0 aliphatic carbocycles. The molecule has 2 N–H and O–H groups in total. The van der Waals surface area contributed by atoms with Gasteiger partial charge in [0, 0.05) is 24.0 Å². The third kappa shape index (κ3) is 2.97. The zero-order valence-corrected chi connectivity index (χ0v) is 13.9.